The molecule has 3 N–H and O–H groups in total. The molecule has 1 aliphatic heterocycles. The maximum absolute atomic E-state index is 8.59. The highest BCUT2D eigenvalue weighted by Gasteiger charge is 2.27. The lowest BCUT2D eigenvalue weighted by molar-refractivity contribution is 0.158. The van der Waals surface area contributed by atoms with Gasteiger partial charge in [-0.25, -0.2) is 9.97 Å². The van der Waals surface area contributed by atoms with Gasteiger partial charge < -0.3 is 30.6 Å². The van der Waals surface area contributed by atoms with E-state index in [4.69, 9.17) is 20.1 Å². The van der Waals surface area contributed by atoms with E-state index in [0.717, 1.165) is 25.1 Å². The zero-order chi connectivity index (χ0) is 23.1. The van der Waals surface area contributed by atoms with Gasteiger partial charge in [-0.05, 0) is 51.9 Å². The first-order valence-electron chi connectivity index (χ1n) is 11.3. The second-order valence-corrected chi connectivity index (χ2v) is 8.21. The summed E-state index contributed by atoms with van der Waals surface area (Å²) < 4.78 is 5.49. The first kappa shape index (κ1) is 23.9. The summed E-state index contributed by atoms with van der Waals surface area (Å²) in [5.74, 6) is 1.93. The normalized spacial score (nSPS) is 16.2. The Balaban J connectivity index is 2.00. The van der Waals surface area contributed by atoms with E-state index in [1.54, 1.807) is 0 Å². The van der Waals surface area contributed by atoms with Crippen molar-refractivity contribution in [1.82, 2.24) is 19.9 Å². The number of aryl methyl sites for hydroxylation is 1. The van der Waals surface area contributed by atoms with Gasteiger partial charge in [0.05, 0.1) is 12.3 Å². The Morgan fingerprint density at radius 2 is 2.12 bits per heavy atom. The van der Waals surface area contributed by atoms with Crippen LogP contribution in [0, 0.1) is 12.3 Å². The fraction of sp³-hybridized carbons (Fsp3) is 0.565. The van der Waals surface area contributed by atoms with E-state index in [0.29, 0.717) is 66.9 Å². The predicted octanol–water partition coefficient (Wildman–Crippen LogP) is 3.29. The molecule has 0 aliphatic carbocycles. The van der Waals surface area contributed by atoms with E-state index in [9.17, 15) is 0 Å². The molecule has 0 saturated carbocycles. The summed E-state index contributed by atoms with van der Waals surface area (Å²) in [6, 6.07) is 4.28. The smallest absolute Gasteiger partial charge is 0.228 e. The molecule has 2 aromatic rings. The summed E-state index contributed by atoms with van der Waals surface area (Å²) in [6.07, 6.45) is 3.46. The molecule has 9 nitrogen and oxygen atoms in total. The standard InChI is InChI=1S/C23H36N8O/c1-6-18(24)20-21(25-11-13-32-7-2)22(27-19-9-8-16(3)14-26-19)29-23(28-20)31(5)17-10-12-30(4)15-17/h8-9,14,17,24-25H,6-7,10-13,15H2,1-5H3,(H,26,27,28,29)/t17-/m0/s1. The van der Waals surface area contributed by atoms with Crippen molar-refractivity contribution >= 4 is 29.0 Å². The molecule has 0 unspecified atom stereocenters. The summed E-state index contributed by atoms with van der Waals surface area (Å²) in [4.78, 5) is 18.6. The van der Waals surface area contributed by atoms with Crippen molar-refractivity contribution in [3.63, 3.8) is 0 Å². The number of ether oxygens (including phenoxy) is 1. The number of nitrogens with zero attached hydrogens (tertiary/aromatic N) is 5. The molecule has 1 aliphatic rings. The van der Waals surface area contributed by atoms with Crippen molar-refractivity contribution in [2.24, 2.45) is 0 Å². The Hall–Kier alpha value is -2.78. The molecule has 1 fully saturated rings. The second kappa shape index (κ2) is 11.2. The van der Waals surface area contributed by atoms with Crippen LogP contribution in [0.2, 0.25) is 0 Å². The van der Waals surface area contributed by atoms with Gasteiger partial charge in [0, 0.05) is 39.0 Å². The van der Waals surface area contributed by atoms with E-state index in [2.05, 4.69) is 32.5 Å². The summed E-state index contributed by atoms with van der Waals surface area (Å²) in [5, 5.41) is 15.3. The number of pyridine rings is 1. The number of hydrogen-bond donors (Lipinski definition) is 3. The van der Waals surface area contributed by atoms with Crippen LogP contribution in [-0.4, -0.2) is 78.5 Å². The topological polar surface area (TPSA) is 102 Å². The van der Waals surface area contributed by atoms with Gasteiger partial charge in [0.1, 0.15) is 17.2 Å². The van der Waals surface area contributed by atoms with Crippen LogP contribution < -0.4 is 15.5 Å². The number of nitrogens with one attached hydrogen (secondary N) is 3. The SMILES string of the molecule is CCOCCNc1c(Nc2ccc(C)cn2)nc(N(C)[C@H]2CCN(C)C2)nc1C(=N)CC. The van der Waals surface area contributed by atoms with Gasteiger partial charge in [0.15, 0.2) is 5.82 Å². The fourth-order valence-corrected chi connectivity index (χ4v) is 3.70. The van der Waals surface area contributed by atoms with Crippen LogP contribution in [0.15, 0.2) is 18.3 Å². The van der Waals surface area contributed by atoms with Gasteiger partial charge in [0.25, 0.3) is 0 Å². The van der Waals surface area contributed by atoms with Crippen LogP contribution in [0.5, 0.6) is 0 Å². The minimum Gasteiger partial charge on any atom is -0.380 e. The molecule has 3 heterocycles. The van der Waals surface area contributed by atoms with E-state index in [1.807, 2.05) is 46.1 Å². The molecule has 9 heteroatoms. The molecule has 2 aromatic heterocycles. The molecule has 32 heavy (non-hydrogen) atoms. The van der Waals surface area contributed by atoms with Crippen LogP contribution in [0.4, 0.5) is 23.3 Å². The molecule has 174 valence electrons. The Bertz CT molecular complexity index is 902. The van der Waals surface area contributed by atoms with Gasteiger partial charge >= 0.3 is 0 Å². The van der Waals surface area contributed by atoms with Crippen LogP contribution in [0.3, 0.4) is 0 Å². The quantitative estimate of drug-likeness (QED) is 0.361. The third kappa shape index (κ3) is 5.92. The lowest BCUT2D eigenvalue weighted by Crippen LogP contribution is -2.35. The number of likely N-dealkylation sites (tertiary alicyclic amines) is 1. The van der Waals surface area contributed by atoms with Crippen molar-refractivity contribution in [1.29, 1.82) is 5.41 Å². The highest BCUT2D eigenvalue weighted by Crippen LogP contribution is 2.30. The minimum absolute atomic E-state index is 0.339. The van der Waals surface area contributed by atoms with Crippen LogP contribution in [-0.2, 0) is 4.74 Å². The number of aromatic nitrogens is 3. The third-order valence-electron chi connectivity index (χ3n) is 5.68. The van der Waals surface area contributed by atoms with Crippen molar-refractivity contribution in [2.45, 2.75) is 39.7 Å². The highest BCUT2D eigenvalue weighted by molar-refractivity contribution is 6.03. The summed E-state index contributed by atoms with van der Waals surface area (Å²) >= 11 is 0. The molecule has 3 rings (SSSR count). The monoisotopic (exact) mass is 440 g/mol. The largest absolute Gasteiger partial charge is 0.380 e. The average Bonchev–Trinajstić information content (AvgIpc) is 3.23. The maximum atomic E-state index is 8.59. The average molecular weight is 441 g/mol. The van der Waals surface area contributed by atoms with Gasteiger partial charge in [-0.15, -0.1) is 0 Å². The molecule has 0 aromatic carbocycles. The molecule has 0 radical (unpaired) electrons. The van der Waals surface area contributed by atoms with Gasteiger partial charge in [0.2, 0.25) is 5.95 Å². The number of rotatable bonds is 11. The predicted molar refractivity (Wildman–Crippen MR) is 131 cm³/mol. The molecule has 0 spiro atoms. The first-order chi connectivity index (χ1) is 15.4. The molecule has 0 bridgehead atoms. The minimum atomic E-state index is 0.339. The summed E-state index contributed by atoms with van der Waals surface area (Å²) in [7, 11) is 4.17. The zero-order valence-electron chi connectivity index (χ0n) is 19.9. The molecule has 1 atom stereocenters. The molecule has 1 saturated heterocycles. The molecule has 0 amide bonds. The zero-order valence-corrected chi connectivity index (χ0v) is 19.9. The maximum Gasteiger partial charge on any atom is 0.228 e. The third-order valence-corrected chi connectivity index (χ3v) is 5.68. The Kier molecular flexibility index (Phi) is 8.35. The lowest BCUT2D eigenvalue weighted by atomic mass is 10.1. The van der Waals surface area contributed by atoms with Gasteiger partial charge in [-0.3, -0.25) is 0 Å². The number of likely N-dealkylation sites (N-methyl/N-ethyl adjacent to an activating group) is 2. The van der Waals surface area contributed by atoms with Crippen LogP contribution in [0.25, 0.3) is 0 Å². The van der Waals surface area contributed by atoms with Gasteiger partial charge in [-0.2, -0.15) is 4.98 Å². The van der Waals surface area contributed by atoms with E-state index >= 15 is 0 Å². The van der Waals surface area contributed by atoms with E-state index in [1.165, 1.54) is 0 Å². The summed E-state index contributed by atoms with van der Waals surface area (Å²) in [6.45, 7) is 9.80. The van der Waals surface area contributed by atoms with Crippen molar-refractivity contribution in [2.75, 3.05) is 62.5 Å². The molecular weight excluding hydrogens is 404 g/mol. The number of anilines is 4. The molecular formula is C23H36N8O. The van der Waals surface area contributed by atoms with Crippen molar-refractivity contribution < 1.29 is 4.74 Å². The first-order valence-corrected chi connectivity index (χ1v) is 11.3. The number of hydrogen-bond acceptors (Lipinski definition) is 9. The fourth-order valence-electron chi connectivity index (χ4n) is 3.70. The second-order valence-electron chi connectivity index (χ2n) is 8.21. The van der Waals surface area contributed by atoms with Crippen LogP contribution in [0.1, 0.15) is 37.9 Å². The highest BCUT2D eigenvalue weighted by atomic mass is 16.5. The Labute approximate surface area is 191 Å². The van der Waals surface area contributed by atoms with Crippen molar-refractivity contribution in [3.05, 3.63) is 29.6 Å². The Morgan fingerprint density at radius 3 is 2.75 bits per heavy atom. The van der Waals surface area contributed by atoms with Gasteiger partial charge in [-0.1, -0.05) is 13.0 Å². The van der Waals surface area contributed by atoms with E-state index in [-0.39, 0.29) is 0 Å². The van der Waals surface area contributed by atoms with Crippen molar-refractivity contribution in [3.8, 4) is 0 Å². The lowest BCUT2D eigenvalue weighted by Gasteiger charge is -2.26. The van der Waals surface area contributed by atoms with Crippen LogP contribution >= 0.6 is 0 Å². The Morgan fingerprint density at radius 1 is 1.31 bits per heavy atom. The summed E-state index contributed by atoms with van der Waals surface area (Å²) in [5.41, 5.74) is 2.87. The van der Waals surface area contributed by atoms with E-state index < -0.39 is 0 Å².